The minimum atomic E-state index is -0.479. The molecule has 0 unspecified atom stereocenters. The molecule has 0 aliphatic heterocycles. The van der Waals surface area contributed by atoms with E-state index in [4.69, 9.17) is 21.1 Å². The molecular weight excluding hydrogens is 447 g/mol. The van der Waals surface area contributed by atoms with Crippen molar-refractivity contribution in [3.05, 3.63) is 56.1 Å². The largest absolute Gasteiger partial charge is 0.493 e. The lowest BCUT2D eigenvalue weighted by Crippen LogP contribution is -2.41. The van der Waals surface area contributed by atoms with Gasteiger partial charge in [-0.15, -0.1) is 0 Å². The SMILES string of the molecule is COc1ccc(C(=O)NNC(=O)c2ccc(Cl)c(I)c2)cc1OC. The van der Waals surface area contributed by atoms with Crippen LogP contribution in [0.4, 0.5) is 0 Å². The number of amides is 2. The third-order valence-corrected chi connectivity index (χ3v) is 4.66. The second-order valence-electron chi connectivity index (χ2n) is 4.61. The standard InChI is InChI=1S/C16H14ClIN2O4/c1-23-13-6-4-10(8-14(13)24-2)16(22)20-19-15(21)9-3-5-11(17)12(18)7-9/h3-8H,1-2H3,(H,19,21)(H,20,22). The molecule has 2 N–H and O–H groups in total. The summed E-state index contributed by atoms with van der Waals surface area (Å²) in [5.74, 6) is 0.00364. The number of methoxy groups -OCH3 is 2. The molecule has 24 heavy (non-hydrogen) atoms. The van der Waals surface area contributed by atoms with Crippen LogP contribution >= 0.6 is 34.2 Å². The molecule has 2 amide bonds. The van der Waals surface area contributed by atoms with Gasteiger partial charge in [-0.25, -0.2) is 0 Å². The summed E-state index contributed by atoms with van der Waals surface area (Å²) >= 11 is 7.94. The van der Waals surface area contributed by atoms with Crippen molar-refractivity contribution in [1.29, 1.82) is 0 Å². The second kappa shape index (κ2) is 8.20. The van der Waals surface area contributed by atoms with Gasteiger partial charge in [0.15, 0.2) is 11.5 Å². The van der Waals surface area contributed by atoms with E-state index < -0.39 is 11.8 Å². The van der Waals surface area contributed by atoms with Crippen LogP contribution in [0.5, 0.6) is 11.5 Å². The van der Waals surface area contributed by atoms with E-state index in [1.165, 1.54) is 20.3 Å². The van der Waals surface area contributed by atoms with Gasteiger partial charge in [-0.2, -0.15) is 0 Å². The first kappa shape index (κ1) is 18.3. The van der Waals surface area contributed by atoms with E-state index in [2.05, 4.69) is 10.9 Å². The molecule has 2 rings (SSSR count). The maximum Gasteiger partial charge on any atom is 0.269 e. The quantitative estimate of drug-likeness (QED) is 0.543. The van der Waals surface area contributed by atoms with Gasteiger partial charge in [0.2, 0.25) is 0 Å². The van der Waals surface area contributed by atoms with Crippen molar-refractivity contribution in [2.24, 2.45) is 0 Å². The summed E-state index contributed by atoms with van der Waals surface area (Å²) < 4.78 is 11.0. The van der Waals surface area contributed by atoms with E-state index in [1.807, 2.05) is 22.6 Å². The lowest BCUT2D eigenvalue weighted by Gasteiger charge is -2.11. The van der Waals surface area contributed by atoms with Crippen LogP contribution in [-0.4, -0.2) is 26.0 Å². The number of hydrazine groups is 1. The van der Waals surface area contributed by atoms with Crippen molar-refractivity contribution in [1.82, 2.24) is 10.9 Å². The zero-order chi connectivity index (χ0) is 17.7. The van der Waals surface area contributed by atoms with E-state index >= 15 is 0 Å². The molecule has 0 aliphatic rings. The minimum Gasteiger partial charge on any atom is -0.493 e. The molecule has 0 fully saturated rings. The van der Waals surface area contributed by atoms with E-state index in [9.17, 15) is 9.59 Å². The summed E-state index contributed by atoms with van der Waals surface area (Å²) in [6, 6.07) is 9.51. The van der Waals surface area contributed by atoms with Gasteiger partial charge in [0.05, 0.1) is 19.2 Å². The monoisotopic (exact) mass is 460 g/mol. The average molecular weight is 461 g/mol. The second-order valence-corrected chi connectivity index (χ2v) is 6.18. The summed E-state index contributed by atoms with van der Waals surface area (Å²) in [5.41, 5.74) is 5.41. The van der Waals surface area contributed by atoms with Gasteiger partial charge < -0.3 is 9.47 Å². The summed E-state index contributed by atoms with van der Waals surface area (Å²) in [7, 11) is 2.98. The van der Waals surface area contributed by atoms with Crippen molar-refractivity contribution in [3.63, 3.8) is 0 Å². The molecule has 8 heteroatoms. The van der Waals surface area contributed by atoms with Crippen molar-refractivity contribution >= 4 is 46.0 Å². The van der Waals surface area contributed by atoms with E-state index in [0.29, 0.717) is 27.6 Å². The molecule has 0 spiro atoms. The predicted molar refractivity (Wildman–Crippen MR) is 98.6 cm³/mol. The van der Waals surface area contributed by atoms with Crippen molar-refractivity contribution in [3.8, 4) is 11.5 Å². The first-order chi connectivity index (χ1) is 11.5. The lowest BCUT2D eigenvalue weighted by atomic mass is 10.2. The number of benzene rings is 2. The Hall–Kier alpha value is -2.00. The number of rotatable bonds is 4. The van der Waals surface area contributed by atoms with Gasteiger partial charge in [0.1, 0.15) is 0 Å². The van der Waals surface area contributed by atoms with Crippen LogP contribution in [0.3, 0.4) is 0 Å². The highest BCUT2D eigenvalue weighted by molar-refractivity contribution is 14.1. The minimum absolute atomic E-state index is 0.318. The zero-order valence-corrected chi connectivity index (χ0v) is 15.8. The highest BCUT2D eigenvalue weighted by Gasteiger charge is 2.13. The highest BCUT2D eigenvalue weighted by atomic mass is 127. The highest BCUT2D eigenvalue weighted by Crippen LogP contribution is 2.27. The van der Waals surface area contributed by atoms with Gasteiger partial charge in [-0.3, -0.25) is 20.4 Å². The average Bonchev–Trinajstić information content (AvgIpc) is 2.60. The van der Waals surface area contributed by atoms with E-state index in [0.717, 1.165) is 3.57 Å². The molecule has 0 heterocycles. The number of carbonyl (C=O) groups is 2. The summed E-state index contributed by atoms with van der Waals surface area (Å²) in [6.45, 7) is 0. The van der Waals surface area contributed by atoms with Gasteiger partial charge >= 0.3 is 0 Å². The number of hydrogen-bond donors (Lipinski definition) is 2. The van der Waals surface area contributed by atoms with Crippen LogP contribution in [-0.2, 0) is 0 Å². The Morgan fingerprint density at radius 3 is 2.00 bits per heavy atom. The third kappa shape index (κ3) is 4.30. The number of hydrogen-bond acceptors (Lipinski definition) is 4. The van der Waals surface area contributed by atoms with Gasteiger partial charge in [0.25, 0.3) is 11.8 Å². The maximum atomic E-state index is 12.1. The van der Waals surface area contributed by atoms with Crippen LogP contribution < -0.4 is 20.3 Å². The Balaban J connectivity index is 2.04. The molecule has 6 nitrogen and oxygen atoms in total. The van der Waals surface area contributed by atoms with Crippen molar-refractivity contribution < 1.29 is 19.1 Å². The van der Waals surface area contributed by atoms with Crippen molar-refractivity contribution in [2.75, 3.05) is 14.2 Å². The molecule has 0 radical (unpaired) electrons. The number of halogens is 2. The molecule has 2 aromatic carbocycles. The van der Waals surface area contributed by atoms with Crippen LogP contribution in [0.15, 0.2) is 36.4 Å². The Bertz CT molecular complexity index is 783. The molecule has 0 saturated carbocycles. The molecule has 0 aromatic heterocycles. The topological polar surface area (TPSA) is 76.7 Å². The van der Waals surface area contributed by atoms with Crippen LogP contribution in [0, 0.1) is 3.57 Å². The van der Waals surface area contributed by atoms with Crippen LogP contribution in [0.2, 0.25) is 5.02 Å². The number of ether oxygens (including phenoxy) is 2. The Morgan fingerprint density at radius 1 is 0.917 bits per heavy atom. The maximum absolute atomic E-state index is 12.1. The fourth-order valence-electron chi connectivity index (χ4n) is 1.87. The predicted octanol–water partition coefficient (Wildman–Crippen LogP) is 3.04. The molecule has 0 aliphatic carbocycles. The molecule has 0 saturated heterocycles. The molecular formula is C16H14ClIN2O4. The summed E-state index contributed by atoms with van der Waals surface area (Å²) in [4.78, 5) is 24.2. The fourth-order valence-corrected chi connectivity index (χ4v) is 2.51. The normalized spacial score (nSPS) is 10.0. The molecule has 0 atom stereocenters. The molecule has 0 bridgehead atoms. The summed E-state index contributed by atoms with van der Waals surface area (Å²) in [5, 5.41) is 0.557. The molecule has 2 aromatic rings. The number of nitrogens with one attached hydrogen (secondary N) is 2. The Labute approximate surface area is 157 Å². The smallest absolute Gasteiger partial charge is 0.269 e. The first-order valence-electron chi connectivity index (χ1n) is 6.74. The first-order valence-corrected chi connectivity index (χ1v) is 8.19. The fraction of sp³-hybridized carbons (Fsp3) is 0.125. The Kier molecular flexibility index (Phi) is 6.27. The van der Waals surface area contributed by atoms with Gasteiger partial charge in [-0.05, 0) is 59.0 Å². The van der Waals surface area contributed by atoms with Crippen LogP contribution in [0.25, 0.3) is 0 Å². The molecule has 126 valence electrons. The number of carbonyl (C=O) groups excluding carboxylic acids is 2. The lowest BCUT2D eigenvalue weighted by molar-refractivity contribution is 0.0846. The van der Waals surface area contributed by atoms with Gasteiger partial charge in [0, 0.05) is 14.7 Å². The van der Waals surface area contributed by atoms with Crippen LogP contribution in [0.1, 0.15) is 20.7 Å². The third-order valence-electron chi connectivity index (χ3n) is 3.12. The van der Waals surface area contributed by atoms with E-state index in [1.54, 1.807) is 30.3 Å². The van der Waals surface area contributed by atoms with Gasteiger partial charge in [-0.1, -0.05) is 11.6 Å². The van der Waals surface area contributed by atoms with Crippen molar-refractivity contribution in [2.45, 2.75) is 0 Å². The summed E-state index contributed by atoms with van der Waals surface area (Å²) in [6.07, 6.45) is 0. The van der Waals surface area contributed by atoms with E-state index in [-0.39, 0.29) is 0 Å². The zero-order valence-electron chi connectivity index (χ0n) is 12.9. The Morgan fingerprint density at radius 2 is 1.46 bits per heavy atom.